The molecular formula is C18H28BrCl2N3O. The van der Waals surface area contributed by atoms with Crippen LogP contribution in [0.4, 0.5) is 5.69 Å². The molecule has 3 N–H and O–H groups in total. The van der Waals surface area contributed by atoms with Crippen molar-refractivity contribution in [2.45, 2.75) is 44.1 Å². The molecule has 1 saturated carbocycles. The van der Waals surface area contributed by atoms with Crippen LogP contribution in [0.3, 0.4) is 0 Å². The largest absolute Gasteiger partial charge is 0.371 e. The van der Waals surface area contributed by atoms with Gasteiger partial charge in [-0.15, -0.1) is 24.8 Å². The first-order valence-corrected chi connectivity index (χ1v) is 9.44. The van der Waals surface area contributed by atoms with Crippen LogP contribution in [0.2, 0.25) is 0 Å². The van der Waals surface area contributed by atoms with Crippen LogP contribution in [-0.4, -0.2) is 31.1 Å². The summed E-state index contributed by atoms with van der Waals surface area (Å²) in [6.45, 7) is 2.78. The molecule has 7 heteroatoms. The standard InChI is InChI=1S/C18H26BrN3O.2ClH/c19-15-5-4-6-16(11-15)22-10-7-14(13-22)12-21-17(23)18(20)8-2-1-3-9-18;;/h4-6,11,14H,1-3,7-10,12-13,20H2,(H,21,23);2*1H. The fourth-order valence-electron chi connectivity index (χ4n) is 3.73. The maximum atomic E-state index is 12.4. The molecule has 1 aromatic rings. The first-order chi connectivity index (χ1) is 11.1. The van der Waals surface area contributed by atoms with Crippen molar-refractivity contribution in [2.75, 3.05) is 24.5 Å². The van der Waals surface area contributed by atoms with E-state index in [1.165, 1.54) is 12.1 Å². The van der Waals surface area contributed by atoms with Crippen molar-refractivity contribution in [2.24, 2.45) is 11.7 Å². The van der Waals surface area contributed by atoms with Gasteiger partial charge < -0.3 is 16.0 Å². The molecule has 2 aliphatic rings. The SMILES string of the molecule is Cl.Cl.NC1(C(=O)NCC2CCN(c3cccc(Br)c3)C2)CCCCC1. The Morgan fingerprint density at radius 3 is 2.68 bits per heavy atom. The summed E-state index contributed by atoms with van der Waals surface area (Å²) in [6, 6.07) is 8.40. The summed E-state index contributed by atoms with van der Waals surface area (Å²) in [6.07, 6.45) is 6.12. The number of amides is 1. The Balaban J connectivity index is 0.00000156. The lowest BCUT2D eigenvalue weighted by molar-refractivity contribution is -0.127. The highest BCUT2D eigenvalue weighted by molar-refractivity contribution is 9.10. The highest BCUT2D eigenvalue weighted by atomic mass is 79.9. The topological polar surface area (TPSA) is 58.4 Å². The van der Waals surface area contributed by atoms with E-state index in [1.807, 2.05) is 6.07 Å². The van der Waals surface area contributed by atoms with Crippen LogP contribution in [0, 0.1) is 5.92 Å². The van der Waals surface area contributed by atoms with E-state index in [2.05, 4.69) is 44.3 Å². The fourth-order valence-corrected chi connectivity index (χ4v) is 4.12. The lowest BCUT2D eigenvalue weighted by Gasteiger charge is -2.32. The zero-order valence-corrected chi connectivity index (χ0v) is 17.6. The molecule has 0 bridgehead atoms. The molecule has 1 aromatic carbocycles. The van der Waals surface area contributed by atoms with Gasteiger partial charge in [0.2, 0.25) is 5.91 Å². The molecular weight excluding hydrogens is 425 g/mol. The van der Waals surface area contributed by atoms with Gasteiger partial charge in [-0.2, -0.15) is 0 Å². The highest BCUT2D eigenvalue weighted by Gasteiger charge is 2.35. The van der Waals surface area contributed by atoms with Crippen molar-refractivity contribution in [3.8, 4) is 0 Å². The number of nitrogens with zero attached hydrogens (tertiary/aromatic N) is 1. The molecule has 25 heavy (non-hydrogen) atoms. The molecule has 1 aliphatic carbocycles. The highest BCUT2D eigenvalue weighted by Crippen LogP contribution is 2.28. The zero-order chi connectivity index (χ0) is 16.3. The first-order valence-electron chi connectivity index (χ1n) is 8.64. The Kier molecular flexibility index (Phi) is 9.02. The van der Waals surface area contributed by atoms with Gasteiger partial charge >= 0.3 is 0 Å². The van der Waals surface area contributed by atoms with Gasteiger partial charge in [-0.05, 0) is 43.4 Å². The van der Waals surface area contributed by atoms with Crippen LogP contribution >= 0.6 is 40.7 Å². The molecule has 1 amide bonds. The number of nitrogens with one attached hydrogen (secondary N) is 1. The molecule has 0 aromatic heterocycles. The predicted octanol–water partition coefficient (Wildman–Crippen LogP) is 3.90. The number of anilines is 1. The third-order valence-electron chi connectivity index (χ3n) is 5.21. The van der Waals surface area contributed by atoms with Gasteiger partial charge in [0.05, 0.1) is 5.54 Å². The van der Waals surface area contributed by atoms with Crippen molar-refractivity contribution >= 4 is 52.3 Å². The van der Waals surface area contributed by atoms with Crippen molar-refractivity contribution in [1.29, 1.82) is 0 Å². The summed E-state index contributed by atoms with van der Waals surface area (Å²) in [4.78, 5) is 14.8. The number of hydrogen-bond acceptors (Lipinski definition) is 3. The van der Waals surface area contributed by atoms with Crippen LogP contribution < -0.4 is 16.0 Å². The number of carbonyl (C=O) groups excluding carboxylic acids is 1. The number of rotatable bonds is 4. The Labute approximate surface area is 171 Å². The quantitative estimate of drug-likeness (QED) is 0.728. The minimum absolute atomic E-state index is 0. The van der Waals surface area contributed by atoms with E-state index in [-0.39, 0.29) is 30.7 Å². The van der Waals surface area contributed by atoms with E-state index in [9.17, 15) is 4.79 Å². The van der Waals surface area contributed by atoms with Gasteiger partial charge in [0.1, 0.15) is 0 Å². The van der Waals surface area contributed by atoms with Crippen LogP contribution in [0.5, 0.6) is 0 Å². The number of benzene rings is 1. The summed E-state index contributed by atoms with van der Waals surface area (Å²) in [7, 11) is 0. The van der Waals surface area contributed by atoms with E-state index >= 15 is 0 Å². The number of nitrogens with two attached hydrogens (primary N) is 1. The Morgan fingerprint density at radius 2 is 2.00 bits per heavy atom. The average Bonchev–Trinajstić information content (AvgIpc) is 3.02. The molecule has 142 valence electrons. The van der Waals surface area contributed by atoms with Crippen LogP contribution in [0.1, 0.15) is 38.5 Å². The first kappa shape index (κ1) is 22.6. The van der Waals surface area contributed by atoms with E-state index < -0.39 is 5.54 Å². The molecule has 1 saturated heterocycles. The van der Waals surface area contributed by atoms with Crippen LogP contribution in [0.15, 0.2) is 28.7 Å². The van der Waals surface area contributed by atoms with E-state index in [0.717, 1.165) is 56.2 Å². The molecule has 1 heterocycles. The number of hydrogen-bond donors (Lipinski definition) is 2. The maximum absolute atomic E-state index is 12.4. The third-order valence-corrected chi connectivity index (χ3v) is 5.70. The second kappa shape index (κ2) is 10.0. The van der Waals surface area contributed by atoms with E-state index in [0.29, 0.717) is 5.92 Å². The van der Waals surface area contributed by atoms with Crippen LogP contribution in [-0.2, 0) is 4.79 Å². The van der Waals surface area contributed by atoms with E-state index in [1.54, 1.807) is 0 Å². The summed E-state index contributed by atoms with van der Waals surface area (Å²) in [5, 5.41) is 3.12. The van der Waals surface area contributed by atoms with Crippen molar-refractivity contribution in [1.82, 2.24) is 5.32 Å². The minimum Gasteiger partial charge on any atom is -0.371 e. The predicted molar refractivity (Wildman–Crippen MR) is 112 cm³/mol. The summed E-state index contributed by atoms with van der Waals surface area (Å²) in [5.74, 6) is 0.559. The van der Waals surface area contributed by atoms with Gasteiger partial charge in [-0.1, -0.05) is 41.3 Å². The molecule has 0 spiro atoms. The fraction of sp³-hybridized carbons (Fsp3) is 0.611. The Hall–Kier alpha value is -0.490. The normalized spacial score (nSPS) is 21.8. The summed E-state index contributed by atoms with van der Waals surface area (Å²) >= 11 is 3.53. The molecule has 1 atom stereocenters. The number of carbonyl (C=O) groups is 1. The van der Waals surface area contributed by atoms with Gasteiger partial charge in [-0.25, -0.2) is 0 Å². The molecule has 1 unspecified atom stereocenters. The van der Waals surface area contributed by atoms with Crippen molar-refractivity contribution < 1.29 is 4.79 Å². The molecule has 4 nitrogen and oxygen atoms in total. The molecule has 3 rings (SSSR count). The van der Waals surface area contributed by atoms with Gasteiger partial charge in [-0.3, -0.25) is 4.79 Å². The maximum Gasteiger partial charge on any atom is 0.240 e. The summed E-state index contributed by atoms with van der Waals surface area (Å²) in [5.41, 5.74) is 6.92. The second-order valence-corrected chi connectivity index (χ2v) is 7.92. The minimum atomic E-state index is -0.624. The lowest BCUT2D eigenvalue weighted by Crippen LogP contribution is -2.55. The average molecular weight is 453 g/mol. The lowest BCUT2D eigenvalue weighted by atomic mass is 9.82. The number of halogens is 3. The van der Waals surface area contributed by atoms with E-state index in [4.69, 9.17) is 5.73 Å². The smallest absolute Gasteiger partial charge is 0.240 e. The van der Waals surface area contributed by atoms with Crippen molar-refractivity contribution in [3.05, 3.63) is 28.7 Å². The Bertz CT molecular complexity index is 567. The molecule has 1 aliphatic heterocycles. The van der Waals surface area contributed by atoms with Gasteiger partial charge in [0.25, 0.3) is 0 Å². The monoisotopic (exact) mass is 451 g/mol. The second-order valence-electron chi connectivity index (χ2n) is 7.01. The van der Waals surface area contributed by atoms with Crippen LogP contribution in [0.25, 0.3) is 0 Å². The molecule has 0 radical (unpaired) electrons. The molecule has 2 fully saturated rings. The third kappa shape index (κ3) is 5.75. The Morgan fingerprint density at radius 1 is 1.28 bits per heavy atom. The zero-order valence-electron chi connectivity index (χ0n) is 14.4. The van der Waals surface area contributed by atoms with Crippen molar-refractivity contribution in [3.63, 3.8) is 0 Å². The summed E-state index contributed by atoms with van der Waals surface area (Å²) < 4.78 is 1.11. The van der Waals surface area contributed by atoms with Gasteiger partial charge in [0.15, 0.2) is 0 Å². The van der Waals surface area contributed by atoms with Gasteiger partial charge in [0, 0.05) is 29.8 Å².